The number of aromatic nitrogens is 4. The monoisotopic (exact) mass is 576 g/mol. The molecule has 5 rings (SSSR count). The first-order valence-electron chi connectivity index (χ1n) is 13.4. The molecule has 2 aromatic heterocycles. The number of ether oxygens (including phenoxy) is 1. The van der Waals surface area contributed by atoms with Crippen LogP contribution in [0.25, 0.3) is 11.2 Å². The van der Waals surface area contributed by atoms with Crippen molar-refractivity contribution in [3.8, 4) is 0 Å². The maximum Gasteiger partial charge on any atom is 0.228 e. The summed E-state index contributed by atoms with van der Waals surface area (Å²) in [6, 6.07) is 14.4. The van der Waals surface area contributed by atoms with Crippen LogP contribution in [-0.4, -0.2) is 84.7 Å². The highest BCUT2D eigenvalue weighted by molar-refractivity contribution is 5.92. The summed E-state index contributed by atoms with van der Waals surface area (Å²) in [4.78, 5) is 37.3. The summed E-state index contributed by atoms with van der Waals surface area (Å²) in [6.07, 6.45) is -1.23. The molecule has 8 N–H and O–H groups in total. The second-order valence-corrected chi connectivity index (χ2v) is 9.83. The lowest BCUT2D eigenvalue weighted by atomic mass is 10.1. The van der Waals surface area contributed by atoms with Gasteiger partial charge in [0.2, 0.25) is 11.8 Å². The molecule has 42 heavy (non-hydrogen) atoms. The lowest BCUT2D eigenvalue weighted by Gasteiger charge is -2.16. The van der Waals surface area contributed by atoms with Gasteiger partial charge in [-0.2, -0.15) is 0 Å². The third-order valence-corrected chi connectivity index (χ3v) is 6.80. The first-order valence-corrected chi connectivity index (χ1v) is 13.4. The Morgan fingerprint density at radius 3 is 2.21 bits per heavy atom. The van der Waals surface area contributed by atoms with Gasteiger partial charge in [-0.05, 0) is 35.4 Å². The van der Waals surface area contributed by atoms with Gasteiger partial charge in [0.05, 0.1) is 25.8 Å². The number of hydrogen-bond donors (Lipinski definition) is 7. The van der Waals surface area contributed by atoms with Gasteiger partial charge in [-0.3, -0.25) is 14.2 Å². The maximum atomic E-state index is 12.6. The third-order valence-electron chi connectivity index (χ3n) is 6.80. The Bertz CT molecular complexity index is 1530. The molecule has 14 nitrogen and oxygen atoms in total. The number of nitrogens with two attached hydrogens (primary N) is 1. The van der Waals surface area contributed by atoms with Gasteiger partial charge in [0.1, 0.15) is 24.6 Å². The van der Waals surface area contributed by atoms with Crippen LogP contribution in [-0.2, 0) is 27.2 Å². The van der Waals surface area contributed by atoms with Gasteiger partial charge in [-0.15, -0.1) is 0 Å². The molecule has 2 aromatic carbocycles. The van der Waals surface area contributed by atoms with E-state index in [1.165, 1.54) is 17.2 Å². The van der Waals surface area contributed by atoms with Gasteiger partial charge < -0.3 is 41.7 Å². The zero-order valence-electron chi connectivity index (χ0n) is 22.6. The number of amides is 2. The van der Waals surface area contributed by atoms with Crippen molar-refractivity contribution in [3.05, 3.63) is 72.3 Å². The van der Waals surface area contributed by atoms with E-state index < -0.39 is 31.1 Å². The number of aliphatic hydroxyl groups is 3. The van der Waals surface area contributed by atoms with Gasteiger partial charge >= 0.3 is 0 Å². The topological polar surface area (TPSA) is 210 Å². The number of carbonyl (C=O) groups excluding carboxylic acids is 2. The molecule has 0 aliphatic carbocycles. The van der Waals surface area contributed by atoms with Crippen molar-refractivity contribution < 1.29 is 29.6 Å². The van der Waals surface area contributed by atoms with Gasteiger partial charge in [0.25, 0.3) is 0 Å². The van der Waals surface area contributed by atoms with Crippen molar-refractivity contribution in [2.24, 2.45) is 5.73 Å². The van der Waals surface area contributed by atoms with E-state index in [9.17, 15) is 24.9 Å². The molecular formula is C28H32N8O6. The minimum absolute atomic E-state index is 0.106. The highest BCUT2D eigenvalue weighted by atomic mass is 16.6. The molecule has 0 unspecified atom stereocenters. The Morgan fingerprint density at radius 1 is 0.905 bits per heavy atom. The number of nitrogens with one attached hydrogen (secondary N) is 3. The summed E-state index contributed by atoms with van der Waals surface area (Å²) in [6.45, 7) is 0.379. The molecule has 1 aliphatic heterocycles. The summed E-state index contributed by atoms with van der Waals surface area (Å²) in [5, 5.41) is 38.6. The van der Waals surface area contributed by atoms with Crippen molar-refractivity contribution in [1.29, 1.82) is 0 Å². The summed E-state index contributed by atoms with van der Waals surface area (Å²) < 4.78 is 7.09. The summed E-state index contributed by atoms with van der Waals surface area (Å²) in [5.41, 5.74) is 9.15. The fourth-order valence-electron chi connectivity index (χ4n) is 4.64. The van der Waals surface area contributed by atoms with Crippen LogP contribution in [0.4, 0.5) is 17.2 Å². The minimum atomic E-state index is -1.27. The average Bonchev–Trinajstić information content (AvgIpc) is 3.54. The molecule has 4 aromatic rings. The van der Waals surface area contributed by atoms with E-state index in [2.05, 4.69) is 30.9 Å². The van der Waals surface area contributed by atoms with E-state index in [1.54, 1.807) is 24.3 Å². The van der Waals surface area contributed by atoms with E-state index in [-0.39, 0.29) is 24.7 Å². The number of hydrogen-bond acceptors (Lipinski definition) is 11. The molecular weight excluding hydrogens is 544 g/mol. The van der Waals surface area contributed by atoms with Gasteiger partial charge in [-0.1, -0.05) is 24.3 Å². The second-order valence-electron chi connectivity index (χ2n) is 9.83. The smallest absolute Gasteiger partial charge is 0.228 e. The third kappa shape index (κ3) is 6.53. The molecule has 0 saturated carbocycles. The van der Waals surface area contributed by atoms with Crippen LogP contribution >= 0.6 is 0 Å². The molecule has 220 valence electrons. The van der Waals surface area contributed by atoms with E-state index in [0.29, 0.717) is 41.4 Å². The lowest BCUT2D eigenvalue weighted by molar-refractivity contribution is -0.120. The predicted octanol–water partition coefficient (Wildman–Crippen LogP) is -0.0200. The van der Waals surface area contributed by atoms with Crippen molar-refractivity contribution in [2.75, 3.05) is 30.3 Å². The number of carbonyl (C=O) groups is 2. The number of imidazole rings is 1. The van der Waals surface area contributed by atoms with Gasteiger partial charge in [-0.25, -0.2) is 15.0 Å². The van der Waals surface area contributed by atoms with E-state index in [4.69, 9.17) is 10.5 Å². The second kappa shape index (κ2) is 13.0. The Balaban J connectivity index is 1.18. The van der Waals surface area contributed by atoms with Gasteiger partial charge in [0.15, 0.2) is 23.2 Å². The SMILES string of the molecule is NCCNC(=O)Cc1ccc(NC(=O)Cc2ccc(Nc3ncnc4c3ncn4[C@@H]3O[C@H](CO)[C@@H](O)[C@@H]3O)cc2)cc1. The molecule has 14 heteroatoms. The van der Waals surface area contributed by atoms with Crippen LogP contribution in [0.3, 0.4) is 0 Å². The highest BCUT2D eigenvalue weighted by Gasteiger charge is 2.44. The molecule has 3 heterocycles. The fourth-order valence-corrected chi connectivity index (χ4v) is 4.64. The molecule has 0 bridgehead atoms. The van der Waals surface area contributed by atoms with Crippen molar-refractivity contribution in [1.82, 2.24) is 24.8 Å². The molecule has 0 radical (unpaired) electrons. The Hall–Kier alpha value is -4.47. The lowest BCUT2D eigenvalue weighted by Crippen LogP contribution is -2.33. The Kier molecular flexibility index (Phi) is 9.00. The number of nitrogens with zero attached hydrogens (tertiary/aromatic N) is 4. The zero-order chi connectivity index (χ0) is 29.6. The van der Waals surface area contributed by atoms with E-state index in [0.717, 1.165) is 11.1 Å². The van der Waals surface area contributed by atoms with Crippen LogP contribution < -0.4 is 21.7 Å². The Morgan fingerprint density at radius 2 is 1.57 bits per heavy atom. The molecule has 4 atom stereocenters. The average molecular weight is 577 g/mol. The Labute approximate surface area is 240 Å². The molecule has 2 amide bonds. The van der Waals surface area contributed by atoms with Crippen LogP contribution in [0.2, 0.25) is 0 Å². The van der Waals surface area contributed by atoms with Crippen LogP contribution in [0, 0.1) is 0 Å². The minimum Gasteiger partial charge on any atom is -0.394 e. The van der Waals surface area contributed by atoms with Crippen molar-refractivity contribution in [3.63, 3.8) is 0 Å². The highest BCUT2D eigenvalue weighted by Crippen LogP contribution is 2.32. The zero-order valence-corrected chi connectivity index (χ0v) is 22.6. The van der Waals surface area contributed by atoms with Crippen LogP contribution in [0.15, 0.2) is 61.2 Å². The summed E-state index contributed by atoms with van der Waals surface area (Å²) in [5.74, 6) is 0.124. The fraction of sp³-hybridized carbons (Fsp3) is 0.321. The quantitative estimate of drug-likeness (QED) is 0.126. The number of aliphatic hydroxyl groups excluding tert-OH is 3. The largest absolute Gasteiger partial charge is 0.394 e. The number of fused-ring (bicyclic) bond motifs is 1. The predicted molar refractivity (Wildman–Crippen MR) is 153 cm³/mol. The number of anilines is 3. The first kappa shape index (κ1) is 29.0. The maximum absolute atomic E-state index is 12.6. The molecule has 1 aliphatic rings. The van der Waals surface area contributed by atoms with Gasteiger partial charge in [0, 0.05) is 24.5 Å². The first-order chi connectivity index (χ1) is 20.4. The normalized spacial score (nSPS) is 20.0. The van der Waals surface area contributed by atoms with Crippen LogP contribution in [0.5, 0.6) is 0 Å². The standard InChI is InChI=1S/C28H32N8O6/c29-9-10-30-21(38)11-16-1-5-18(6-2-16)34-22(39)12-17-3-7-19(8-4-17)35-26-23-27(32-14-31-26)36(15-33-23)28-25(41)24(40)20(13-37)42-28/h1-8,14-15,20,24-25,28,37,40-41H,9-13,29H2,(H,30,38)(H,34,39)(H,31,32,35)/t20-,24-,25+,28-/m1/s1. The molecule has 0 spiro atoms. The molecule has 1 fully saturated rings. The molecule has 1 saturated heterocycles. The van der Waals surface area contributed by atoms with Crippen molar-refractivity contribution in [2.45, 2.75) is 37.4 Å². The van der Waals surface area contributed by atoms with E-state index >= 15 is 0 Å². The van der Waals surface area contributed by atoms with E-state index in [1.807, 2.05) is 24.3 Å². The number of rotatable bonds is 11. The van der Waals surface area contributed by atoms with Crippen LogP contribution in [0.1, 0.15) is 17.4 Å². The number of benzene rings is 2. The summed E-state index contributed by atoms with van der Waals surface area (Å²) in [7, 11) is 0. The summed E-state index contributed by atoms with van der Waals surface area (Å²) >= 11 is 0. The van der Waals surface area contributed by atoms with Crippen molar-refractivity contribution >= 4 is 40.2 Å².